The molecule has 0 heterocycles. The topological polar surface area (TPSA) is 80.7 Å². The second-order valence-corrected chi connectivity index (χ2v) is 10.4. The lowest BCUT2D eigenvalue weighted by Crippen LogP contribution is -2.37. The number of carbonyl (C=O) groups is 1. The Morgan fingerprint density at radius 1 is 0.968 bits per heavy atom. The van der Waals surface area contributed by atoms with Crippen molar-refractivity contribution in [3.63, 3.8) is 0 Å². The zero-order valence-electron chi connectivity index (χ0n) is 18.0. The van der Waals surface area contributed by atoms with Crippen molar-refractivity contribution < 1.29 is 23.1 Å². The summed E-state index contributed by atoms with van der Waals surface area (Å²) in [6.07, 6.45) is 0.598. The van der Waals surface area contributed by atoms with E-state index in [1.165, 1.54) is 0 Å². The maximum absolute atomic E-state index is 12.8. The number of carbonyl (C=O) groups excluding carboxylic acids is 1. The number of fused-ring (bicyclic) bond motifs is 1. The van der Waals surface area contributed by atoms with Crippen LogP contribution in [0.3, 0.4) is 0 Å². The molecule has 1 N–H and O–H groups in total. The molecule has 0 aliphatic rings. The SMILES string of the molecule is CC(C)C(CCC(O)(c1ccccc1)S(C)(=O)=O)OC(=O)c1ccc2ccccc2c1. The van der Waals surface area contributed by atoms with Crippen molar-refractivity contribution in [1.82, 2.24) is 0 Å². The summed E-state index contributed by atoms with van der Waals surface area (Å²) in [4.78, 5) is 10.7. The molecule has 3 aromatic rings. The second kappa shape index (κ2) is 9.20. The lowest BCUT2D eigenvalue weighted by Gasteiger charge is -2.30. The van der Waals surface area contributed by atoms with Crippen LogP contribution in [0.5, 0.6) is 0 Å². The molecule has 6 heteroatoms. The summed E-state index contributed by atoms with van der Waals surface area (Å²) in [5.41, 5.74) is 0.742. The summed E-state index contributed by atoms with van der Waals surface area (Å²) in [6, 6.07) is 21.4. The quantitative estimate of drug-likeness (QED) is 0.514. The van der Waals surface area contributed by atoms with Crippen LogP contribution in [-0.2, 0) is 19.5 Å². The molecule has 5 nitrogen and oxygen atoms in total. The average Bonchev–Trinajstić information content (AvgIpc) is 2.75. The van der Waals surface area contributed by atoms with Crippen LogP contribution in [0.4, 0.5) is 0 Å². The van der Waals surface area contributed by atoms with Crippen LogP contribution >= 0.6 is 0 Å². The fourth-order valence-electron chi connectivity index (χ4n) is 3.63. The van der Waals surface area contributed by atoms with Gasteiger partial charge in [-0.3, -0.25) is 0 Å². The molecular weight excluding hydrogens is 412 g/mol. The molecule has 31 heavy (non-hydrogen) atoms. The normalized spacial score (nSPS) is 14.9. The van der Waals surface area contributed by atoms with E-state index in [1.54, 1.807) is 42.5 Å². The van der Waals surface area contributed by atoms with Gasteiger partial charge in [0, 0.05) is 6.26 Å². The predicted molar refractivity (Wildman–Crippen MR) is 122 cm³/mol. The molecule has 0 aliphatic heterocycles. The van der Waals surface area contributed by atoms with Gasteiger partial charge in [0.05, 0.1) is 5.56 Å². The maximum Gasteiger partial charge on any atom is 0.338 e. The van der Waals surface area contributed by atoms with E-state index >= 15 is 0 Å². The minimum Gasteiger partial charge on any atom is -0.459 e. The van der Waals surface area contributed by atoms with E-state index in [0.29, 0.717) is 11.1 Å². The van der Waals surface area contributed by atoms with Gasteiger partial charge in [-0.15, -0.1) is 0 Å². The van der Waals surface area contributed by atoms with E-state index in [1.807, 2.05) is 44.2 Å². The molecule has 0 saturated carbocycles. The van der Waals surface area contributed by atoms with Gasteiger partial charge in [-0.05, 0) is 47.2 Å². The zero-order chi connectivity index (χ0) is 22.6. The molecule has 0 aliphatic carbocycles. The first kappa shape index (κ1) is 23.0. The third-order valence-corrected chi connectivity index (χ3v) is 7.26. The molecule has 0 fully saturated rings. The average molecular weight is 441 g/mol. The molecule has 0 aromatic heterocycles. The summed E-state index contributed by atoms with van der Waals surface area (Å²) in [7, 11) is -3.83. The van der Waals surface area contributed by atoms with Crippen molar-refractivity contribution in [2.45, 2.75) is 37.7 Å². The van der Waals surface area contributed by atoms with E-state index in [2.05, 4.69) is 0 Å². The molecule has 0 amide bonds. The summed E-state index contributed by atoms with van der Waals surface area (Å²) in [5, 5.41) is 13.1. The monoisotopic (exact) mass is 440 g/mol. The Morgan fingerprint density at radius 2 is 1.58 bits per heavy atom. The molecular formula is C25H28O5S. The van der Waals surface area contributed by atoms with E-state index in [0.717, 1.165) is 17.0 Å². The lowest BCUT2D eigenvalue weighted by molar-refractivity contribution is 0.00745. The fraction of sp³-hybridized carbons (Fsp3) is 0.320. The third-order valence-electron chi connectivity index (χ3n) is 5.59. The van der Waals surface area contributed by atoms with Crippen molar-refractivity contribution in [1.29, 1.82) is 0 Å². The van der Waals surface area contributed by atoms with Crippen LogP contribution in [0, 0.1) is 5.92 Å². The first-order chi connectivity index (χ1) is 14.6. The van der Waals surface area contributed by atoms with Crippen LogP contribution < -0.4 is 0 Å². The zero-order valence-corrected chi connectivity index (χ0v) is 18.8. The highest BCUT2D eigenvalue weighted by Crippen LogP contribution is 2.34. The minimum absolute atomic E-state index is 0.0519. The second-order valence-electron chi connectivity index (χ2n) is 8.21. The fourth-order valence-corrected chi connectivity index (χ4v) is 4.68. The van der Waals surface area contributed by atoms with Crippen LogP contribution in [0.15, 0.2) is 72.8 Å². The number of hydrogen-bond donors (Lipinski definition) is 1. The van der Waals surface area contributed by atoms with Crippen molar-refractivity contribution in [3.8, 4) is 0 Å². The Labute approximate surface area is 183 Å². The van der Waals surface area contributed by atoms with Crippen molar-refractivity contribution in [2.24, 2.45) is 5.92 Å². The van der Waals surface area contributed by atoms with Gasteiger partial charge in [-0.1, -0.05) is 74.5 Å². The van der Waals surface area contributed by atoms with Gasteiger partial charge in [0.15, 0.2) is 14.8 Å². The van der Waals surface area contributed by atoms with E-state index in [4.69, 9.17) is 4.74 Å². The number of benzene rings is 3. The van der Waals surface area contributed by atoms with E-state index in [9.17, 15) is 18.3 Å². The maximum atomic E-state index is 12.8. The largest absolute Gasteiger partial charge is 0.459 e. The molecule has 0 bridgehead atoms. The summed E-state index contributed by atoms with van der Waals surface area (Å²) < 4.78 is 30.6. The number of esters is 1. The van der Waals surface area contributed by atoms with Gasteiger partial charge in [-0.25, -0.2) is 13.2 Å². The molecule has 2 atom stereocenters. The molecule has 3 rings (SSSR count). The highest BCUT2D eigenvalue weighted by molar-refractivity contribution is 7.91. The standard InChI is InChI=1S/C25H28O5S/c1-18(2)23(15-16-25(27,31(3,28)29)22-11-5-4-6-12-22)30-24(26)21-14-13-19-9-7-8-10-20(19)17-21/h4-14,17-18,23,27H,15-16H2,1-3H3. The number of aliphatic hydroxyl groups is 1. The van der Waals surface area contributed by atoms with Gasteiger partial charge < -0.3 is 9.84 Å². The van der Waals surface area contributed by atoms with Gasteiger partial charge >= 0.3 is 5.97 Å². The molecule has 0 spiro atoms. The Kier molecular flexibility index (Phi) is 6.82. The van der Waals surface area contributed by atoms with Crippen molar-refractivity contribution >= 4 is 26.6 Å². The molecule has 2 unspecified atom stereocenters. The Morgan fingerprint density at radius 3 is 2.19 bits per heavy atom. The third kappa shape index (κ3) is 5.14. The van der Waals surface area contributed by atoms with Crippen molar-refractivity contribution in [3.05, 3.63) is 83.9 Å². The summed E-state index contributed by atoms with van der Waals surface area (Å²) >= 11 is 0. The number of hydrogen-bond acceptors (Lipinski definition) is 5. The van der Waals surface area contributed by atoms with Gasteiger partial charge in [0.25, 0.3) is 0 Å². The summed E-state index contributed by atoms with van der Waals surface area (Å²) in [5.74, 6) is -0.518. The predicted octanol–water partition coefficient (Wildman–Crippen LogP) is 4.69. The number of sulfone groups is 1. The smallest absolute Gasteiger partial charge is 0.338 e. The highest BCUT2D eigenvalue weighted by atomic mass is 32.2. The lowest BCUT2D eigenvalue weighted by atomic mass is 9.96. The van der Waals surface area contributed by atoms with E-state index in [-0.39, 0.29) is 18.8 Å². The minimum atomic E-state index is -3.83. The van der Waals surface area contributed by atoms with Crippen LogP contribution in [-0.4, -0.2) is 31.9 Å². The number of rotatable bonds is 8. The highest BCUT2D eigenvalue weighted by Gasteiger charge is 2.41. The van der Waals surface area contributed by atoms with Crippen LogP contribution in [0.25, 0.3) is 10.8 Å². The van der Waals surface area contributed by atoms with Crippen LogP contribution in [0.1, 0.15) is 42.6 Å². The Bertz CT molecular complexity index is 1150. The molecule has 0 radical (unpaired) electrons. The van der Waals surface area contributed by atoms with Gasteiger partial charge in [0.2, 0.25) is 0 Å². The first-order valence-corrected chi connectivity index (χ1v) is 12.2. The van der Waals surface area contributed by atoms with Crippen LogP contribution in [0.2, 0.25) is 0 Å². The molecule has 164 valence electrons. The van der Waals surface area contributed by atoms with Gasteiger partial charge in [0.1, 0.15) is 6.10 Å². The van der Waals surface area contributed by atoms with Crippen molar-refractivity contribution in [2.75, 3.05) is 6.26 Å². The molecule has 3 aromatic carbocycles. The Hall–Kier alpha value is -2.70. The number of ether oxygens (including phenoxy) is 1. The first-order valence-electron chi connectivity index (χ1n) is 10.3. The van der Waals surface area contributed by atoms with Gasteiger partial charge in [-0.2, -0.15) is 0 Å². The molecule has 0 saturated heterocycles. The Balaban J connectivity index is 1.79. The summed E-state index contributed by atoms with van der Waals surface area (Å²) in [6.45, 7) is 3.81. The van der Waals surface area contributed by atoms with E-state index < -0.39 is 26.8 Å².